The van der Waals surface area contributed by atoms with Crippen molar-refractivity contribution >= 4 is 5.91 Å². The van der Waals surface area contributed by atoms with Gasteiger partial charge in [0.1, 0.15) is 12.4 Å². The van der Waals surface area contributed by atoms with E-state index in [0.717, 1.165) is 11.1 Å². The molecule has 0 unspecified atom stereocenters. The average molecular weight is 393 g/mol. The number of nitrogens with zero attached hydrogens (tertiary/aromatic N) is 5. The largest absolute Gasteiger partial charge is 0.355 e. The van der Waals surface area contributed by atoms with Crippen molar-refractivity contribution in [3.8, 4) is 23.0 Å². The number of nitrogens with one attached hydrogen (secondary N) is 2. The van der Waals surface area contributed by atoms with E-state index >= 15 is 0 Å². The summed E-state index contributed by atoms with van der Waals surface area (Å²) in [6.07, 6.45) is 1.35. The molecule has 0 fully saturated rings. The third kappa shape index (κ3) is 3.91. The topological polar surface area (TPSA) is 136 Å². The Morgan fingerprint density at radius 2 is 1.93 bits per heavy atom. The second-order valence-corrected chi connectivity index (χ2v) is 6.93. The molecular formula is C19H19N7O3. The van der Waals surface area contributed by atoms with Gasteiger partial charge in [-0.1, -0.05) is 54.0 Å². The van der Waals surface area contributed by atoms with Crippen molar-refractivity contribution in [2.75, 3.05) is 0 Å². The normalized spacial score (nSPS) is 12.3. The third-order valence-corrected chi connectivity index (χ3v) is 4.37. The fourth-order valence-corrected chi connectivity index (χ4v) is 2.74. The number of hydrogen-bond acceptors (Lipinski definition) is 8. The summed E-state index contributed by atoms with van der Waals surface area (Å²) < 4.78 is 10.7. The van der Waals surface area contributed by atoms with Gasteiger partial charge in [-0.2, -0.15) is 10.1 Å². The first kappa shape index (κ1) is 18.5. The molecule has 2 N–H and O–H groups in total. The molecule has 0 saturated heterocycles. The lowest BCUT2D eigenvalue weighted by molar-refractivity contribution is 0.0904. The Kier molecular flexibility index (Phi) is 4.90. The van der Waals surface area contributed by atoms with E-state index in [1.807, 2.05) is 45.0 Å². The van der Waals surface area contributed by atoms with E-state index < -0.39 is 11.9 Å². The van der Waals surface area contributed by atoms with Gasteiger partial charge in [-0.15, -0.1) is 0 Å². The van der Waals surface area contributed by atoms with Gasteiger partial charge in [0, 0.05) is 11.6 Å². The maximum atomic E-state index is 12.7. The molecule has 3 aromatic heterocycles. The highest BCUT2D eigenvalue weighted by Crippen LogP contribution is 2.24. The monoisotopic (exact) mass is 393 g/mol. The quantitative estimate of drug-likeness (QED) is 0.510. The second-order valence-electron chi connectivity index (χ2n) is 6.93. The number of rotatable bonds is 6. The van der Waals surface area contributed by atoms with Gasteiger partial charge in [-0.3, -0.25) is 9.89 Å². The molecule has 0 aliphatic heterocycles. The highest BCUT2D eigenvalue weighted by molar-refractivity contribution is 5.93. The average Bonchev–Trinajstić information content (AvgIpc) is 3.47. The number of carbonyl (C=O) groups is 1. The lowest BCUT2D eigenvalue weighted by Gasteiger charge is -2.17. The van der Waals surface area contributed by atoms with Gasteiger partial charge >= 0.3 is 0 Å². The second kappa shape index (κ2) is 7.66. The summed E-state index contributed by atoms with van der Waals surface area (Å²) in [7, 11) is 0. The number of aromatic amines is 1. The van der Waals surface area contributed by atoms with Crippen molar-refractivity contribution in [2.24, 2.45) is 5.92 Å². The van der Waals surface area contributed by atoms with Crippen LogP contribution in [0.2, 0.25) is 0 Å². The van der Waals surface area contributed by atoms with Crippen molar-refractivity contribution in [1.82, 2.24) is 35.8 Å². The van der Waals surface area contributed by atoms with E-state index in [1.54, 1.807) is 6.07 Å². The molecule has 0 aliphatic carbocycles. The van der Waals surface area contributed by atoms with E-state index in [-0.39, 0.29) is 23.3 Å². The molecule has 0 spiro atoms. The molecule has 0 bridgehead atoms. The lowest BCUT2D eigenvalue weighted by atomic mass is 10.0. The first-order valence-corrected chi connectivity index (χ1v) is 9.05. The highest BCUT2D eigenvalue weighted by atomic mass is 16.5. The number of benzene rings is 1. The fraction of sp³-hybridized carbons (Fsp3) is 0.263. The highest BCUT2D eigenvalue weighted by Gasteiger charge is 2.27. The van der Waals surface area contributed by atoms with Gasteiger partial charge in [0.2, 0.25) is 11.7 Å². The summed E-state index contributed by atoms with van der Waals surface area (Å²) in [5.41, 5.74) is 2.15. The number of aryl methyl sites for hydroxylation is 1. The molecule has 1 amide bonds. The van der Waals surface area contributed by atoms with Crippen molar-refractivity contribution in [3.05, 3.63) is 53.8 Å². The number of carbonyl (C=O) groups excluding carboxylic acids is 1. The van der Waals surface area contributed by atoms with Crippen molar-refractivity contribution in [3.63, 3.8) is 0 Å². The first-order valence-electron chi connectivity index (χ1n) is 9.05. The SMILES string of the molecule is Cc1ccc(-c2cc(C(=O)N[C@@H](c3nc(-c4ncn[nH]4)no3)C(C)C)no2)cc1. The Balaban J connectivity index is 1.52. The van der Waals surface area contributed by atoms with Crippen molar-refractivity contribution < 1.29 is 13.8 Å². The minimum atomic E-state index is -0.508. The predicted octanol–water partition coefficient (Wildman–Crippen LogP) is 2.95. The molecule has 29 heavy (non-hydrogen) atoms. The summed E-state index contributed by atoms with van der Waals surface area (Å²) in [4.78, 5) is 21.0. The molecule has 10 nitrogen and oxygen atoms in total. The van der Waals surface area contributed by atoms with Crippen LogP contribution in [0.1, 0.15) is 41.8 Å². The Labute approximate surface area is 165 Å². The molecule has 0 radical (unpaired) electrons. The van der Waals surface area contributed by atoms with Gasteiger partial charge < -0.3 is 14.4 Å². The molecule has 148 valence electrons. The van der Waals surface area contributed by atoms with Crippen LogP contribution in [0.5, 0.6) is 0 Å². The van der Waals surface area contributed by atoms with Crippen LogP contribution in [-0.2, 0) is 0 Å². The van der Waals surface area contributed by atoms with Crippen LogP contribution in [0.3, 0.4) is 0 Å². The first-order chi connectivity index (χ1) is 14.0. The Bertz CT molecular complexity index is 1100. The molecule has 3 heterocycles. The Morgan fingerprint density at radius 1 is 1.14 bits per heavy atom. The zero-order valence-corrected chi connectivity index (χ0v) is 16.1. The van der Waals surface area contributed by atoms with Gasteiger partial charge in [0.25, 0.3) is 5.91 Å². The standard InChI is InChI=1S/C19H19N7O3/c1-10(2)15(19-23-17(26-29-19)16-20-9-21-24-16)22-18(27)13-8-14(28-25-13)12-6-4-11(3)5-7-12/h4-10,15H,1-3H3,(H,22,27)(H,20,21,24)/t15-/m1/s1. The van der Waals surface area contributed by atoms with E-state index in [2.05, 4.69) is 35.8 Å². The van der Waals surface area contributed by atoms with Crippen LogP contribution in [0.4, 0.5) is 0 Å². The molecule has 0 aliphatic rings. The van der Waals surface area contributed by atoms with Crippen LogP contribution >= 0.6 is 0 Å². The van der Waals surface area contributed by atoms with Gasteiger partial charge in [-0.25, -0.2) is 4.98 Å². The zero-order valence-electron chi connectivity index (χ0n) is 16.1. The summed E-state index contributed by atoms with van der Waals surface area (Å²) >= 11 is 0. The molecule has 4 aromatic rings. The summed E-state index contributed by atoms with van der Waals surface area (Å²) in [5.74, 6) is 1.02. The van der Waals surface area contributed by atoms with E-state index in [1.165, 1.54) is 6.33 Å². The minimum absolute atomic E-state index is 0.00885. The van der Waals surface area contributed by atoms with Crippen LogP contribution < -0.4 is 5.32 Å². The summed E-state index contributed by atoms with van der Waals surface area (Å²) in [5, 5.41) is 17.1. The van der Waals surface area contributed by atoms with Crippen molar-refractivity contribution in [1.29, 1.82) is 0 Å². The summed E-state index contributed by atoms with van der Waals surface area (Å²) in [6, 6.07) is 8.86. The summed E-state index contributed by atoms with van der Waals surface area (Å²) in [6.45, 7) is 5.87. The predicted molar refractivity (Wildman–Crippen MR) is 101 cm³/mol. The Morgan fingerprint density at radius 3 is 2.62 bits per heavy atom. The van der Waals surface area contributed by atoms with Crippen LogP contribution in [-0.4, -0.2) is 36.4 Å². The maximum absolute atomic E-state index is 12.7. The smallest absolute Gasteiger partial charge is 0.274 e. The van der Waals surface area contributed by atoms with Gasteiger partial charge in [-0.05, 0) is 12.8 Å². The van der Waals surface area contributed by atoms with E-state index in [4.69, 9.17) is 9.05 Å². The molecule has 1 atom stereocenters. The number of amides is 1. The minimum Gasteiger partial charge on any atom is -0.355 e. The number of hydrogen-bond donors (Lipinski definition) is 2. The Hall–Kier alpha value is -3.82. The van der Waals surface area contributed by atoms with Crippen LogP contribution in [0.25, 0.3) is 23.0 Å². The van der Waals surface area contributed by atoms with E-state index in [9.17, 15) is 4.79 Å². The third-order valence-electron chi connectivity index (χ3n) is 4.37. The molecule has 10 heteroatoms. The maximum Gasteiger partial charge on any atom is 0.274 e. The fourth-order valence-electron chi connectivity index (χ4n) is 2.74. The molecule has 1 aromatic carbocycles. The van der Waals surface area contributed by atoms with E-state index in [0.29, 0.717) is 11.6 Å². The molecule has 0 saturated carbocycles. The molecule has 4 rings (SSSR count). The van der Waals surface area contributed by atoms with Gasteiger partial charge in [0.15, 0.2) is 17.3 Å². The zero-order chi connectivity index (χ0) is 20.4. The number of H-pyrrole nitrogens is 1. The molecular weight excluding hydrogens is 374 g/mol. The van der Waals surface area contributed by atoms with Crippen LogP contribution in [0, 0.1) is 12.8 Å². The van der Waals surface area contributed by atoms with Crippen molar-refractivity contribution in [2.45, 2.75) is 26.8 Å². The van der Waals surface area contributed by atoms with Gasteiger partial charge in [0.05, 0.1) is 0 Å². The lowest BCUT2D eigenvalue weighted by Crippen LogP contribution is -2.32. The number of aromatic nitrogens is 6. The van der Waals surface area contributed by atoms with Crippen LogP contribution in [0.15, 0.2) is 45.7 Å².